The molecule has 2 saturated carbocycles. The maximum Gasteiger partial charge on any atom is 0.235 e. The van der Waals surface area contributed by atoms with Gasteiger partial charge in [-0.3, -0.25) is 0 Å². The van der Waals surface area contributed by atoms with Crippen LogP contribution in [0.4, 0.5) is 0 Å². The molecule has 0 spiro atoms. The lowest BCUT2D eigenvalue weighted by Crippen LogP contribution is -2.65. The SMILES string of the molecule is NC(N)(N)C1CC(CC2CC(N=C=O)CC(C(N)(N)N)C2)CC(N=C=O)C1. The van der Waals surface area contributed by atoms with Crippen LogP contribution in [0.5, 0.6) is 0 Å². The summed E-state index contributed by atoms with van der Waals surface area (Å²) in [6, 6.07) is -0.385. The van der Waals surface area contributed by atoms with E-state index < -0.39 is 11.6 Å². The van der Waals surface area contributed by atoms with Gasteiger partial charge in [-0.2, -0.15) is 0 Å². The summed E-state index contributed by atoms with van der Waals surface area (Å²) in [7, 11) is 0. The van der Waals surface area contributed by atoms with Crippen molar-refractivity contribution >= 4 is 12.2 Å². The predicted molar refractivity (Wildman–Crippen MR) is 101 cm³/mol. The molecule has 0 bridgehead atoms. The van der Waals surface area contributed by atoms with Crippen LogP contribution >= 0.6 is 0 Å². The summed E-state index contributed by atoms with van der Waals surface area (Å²) in [4.78, 5) is 29.2. The topological polar surface area (TPSA) is 215 Å². The first kappa shape index (κ1) is 21.8. The van der Waals surface area contributed by atoms with Gasteiger partial charge in [0.2, 0.25) is 12.2 Å². The summed E-state index contributed by atoms with van der Waals surface area (Å²) < 4.78 is 0. The van der Waals surface area contributed by atoms with Gasteiger partial charge in [-0.25, -0.2) is 19.6 Å². The largest absolute Gasteiger partial charge is 0.301 e. The molecule has 0 aromatic heterocycles. The molecule has 10 nitrogen and oxygen atoms in total. The Bertz CT molecular complexity index is 549. The fraction of sp³-hybridized carbons (Fsp3) is 0.882. The molecule has 0 amide bonds. The van der Waals surface area contributed by atoms with E-state index in [2.05, 4.69) is 9.98 Å². The maximum atomic E-state index is 10.7. The lowest BCUT2D eigenvalue weighted by Gasteiger charge is -2.43. The second-order valence-electron chi connectivity index (χ2n) is 8.52. The van der Waals surface area contributed by atoms with E-state index >= 15 is 0 Å². The highest BCUT2D eigenvalue weighted by atomic mass is 16.1. The van der Waals surface area contributed by atoms with E-state index in [4.69, 9.17) is 34.4 Å². The van der Waals surface area contributed by atoms with Crippen molar-refractivity contribution in [2.24, 2.45) is 68.1 Å². The highest BCUT2D eigenvalue weighted by Crippen LogP contribution is 2.42. The molecule has 0 aliphatic heterocycles. The normalized spacial score (nSPS) is 35.0. The van der Waals surface area contributed by atoms with Crippen LogP contribution in [0, 0.1) is 23.7 Å². The number of carbonyl (C=O) groups excluding carboxylic acids is 2. The van der Waals surface area contributed by atoms with Gasteiger partial charge < -0.3 is 34.4 Å². The number of hydrogen-bond acceptors (Lipinski definition) is 10. The van der Waals surface area contributed by atoms with Gasteiger partial charge in [0.1, 0.15) is 11.6 Å². The summed E-state index contributed by atoms with van der Waals surface area (Å²) in [6.45, 7) is 0. The summed E-state index contributed by atoms with van der Waals surface area (Å²) in [5.41, 5.74) is 35.5. The second-order valence-corrected chi connectivity index (χ2v) is 8.52. The zero-order chi connectivity index (χ0) is 20.2. The van der Waals surface area contributed by atoms with Crippen LogP contribution in [0.1, 0.15) is 44.9 Å². The Morgan fingerprint density at radius 2 is 1.04 bits per heavy atom. The average molecular weight is 380 g/mol. The van der Waals surface area contributed by atoms with Crippen molar-refractivity contribution in [2.75, 3.05) is 0 Å². The van der Waals surface area contributed by atoms with Crippen LogP contribution in [0.25, 0.3) is 0 Å². The van der Waals surface area contributed by atoms with Crippen LogP contribution in [0.15, 0.2) is 9.98 Å². The monoisotopic (exact) mass is 380 g/mol. The third-order valence-corrected chi connectivity index (χ3v) is 6.11. The molecular weight excluding hydrogens is 348 g/mol. The molecular formula is C17H32N8O2. The highest BCUT2D eigenvalue weighted by Gasteiger charge is 2.41. The fourth-order valence-electron chi connectivity index (χ4n) is 4.84. The van der Waals surface area contributed by atoms with Gasteiger partial charge in [0, 0.05) is 11.8 Å². The van der Waals surface area contributed by atoms with Crippen molar-refractivity contribution < 1.29 is 9.59 Å². The lowest BCUT2D eigenvalue weighted by molar-refractivity contribution is 0.105. The Morgan fingerprint density at radius 1 is 0.667 bits per heavy atom. The molecule has 2 rings (SSSR count). The summed E-state index contributed by atoms with van der Waals surface area (Å²) >= 11 is 0. The molecule has 12 N–H and O–H groups in total. The molecule has 6 unspecified atom stereocenters. The number of isocyanates is 2. The van der Waals surface area contributed by atoms with Crippen LogP contribution in [0.2, 0.25) is 0 Å². The molecule has 0 aromatic rings. The summed E-state index contributed by atoms with van der Waals surface area (Å²) in [5.74, 6) is -2.49. The number of aliphatic imine (C=N–C) groups is 2. The Hall–Kier alpha value is -1.48. The second kappa shape index (κ2) is 8.68. The van der Waals surface area contributed by atoms with Crippen LogP contribution < -0.4 is 34.4 Å². The van der Waals surface area contributed by atoms with Gasteiger partial charge in [0.25, 0.3) is 0 Å². The number of hydrogen-bond donors (Lipinski definition) is 6. The molecule has 0 heterocycles. The van der Waals surface area contributed by atoms with Gasteiger partial charge in [-0.05, 0) is 56.8 Å². The molecule has 10 heteroatoms. The predicted octanol–water partition coefficient (Wildman–Crippen LogP) is -1.32. The molecule has 2 aliphatic carbocycles. The Kier molecular flexibility index (Phi) is 7.02. The first-order chi connectivity index (χ1) is 12.5. The van der Waals surface area contributed by atoms with Gasteiger partial charge >= 0.3 is 0 Å². The summed E-state index contributed by atoms with van der Waals surface area (Å²) in [5, 5.41) is 0. The van der Waals surface area contributed by atoms with Crippen molar-refractivity contribution in [1.82, 2.24) is 0 Å². The molecule has 6 atom stereocenters. The van der Waals surface area contributed by atoms with E-state index in [-0.39, 0.29) is 35.8 Å². The molecule has 0 radical (unpaired) electrons. The minimum Gasteiger partial charge on any atom is -0.301 e. The zero-order valence-electron chi connectivity index (χ0n) is 15.6. The number of nitrogens with two attached hydrogens (primary N) is 6. The Morgan fingerprint density at radius 3 is 1.33 bits per heavy atom. The van der Waals surface area contributed by atoms with Crippen molar-refractivity contribution in [3.63, 3.8) is 0 Å². The van der Waals surface area contributed by atoms with Crippen molar-refractivity contribution in [3.8, 4) is 0 Å². The van der Waals surface area contributed by atoms with E-state index in [0.29, 0.717) is 12.8 Å². The molecule has 2 fully saturated rings. The van der Waals surface area contributed by atoms with Crippen molar-refractivity contribution in [3.05, 3.63) is 0 Å². The van der Waals surface area contributed by atoms with Crippen molar-refractivity contribution in [2.45, 2.75) is 68.6 Å². The molecule has 2 aliphatic rings. The van der Waals surface area contributed by atoms with Crippen LogP contribution in [0.3, 0.4) is 0 Å². The van der Waals surface area contributed by atoms with Crippen LogP contribution in [-0.4, -0.2) is 35.8 Å². The maximum absolute atomic E-state index is 10.7. The van der Waals surface area contributed by atoms with Crippen LogP contribution in [-0.2, 0) is 9.59 Å². The van der Waals surface area contributed by atoms with Gasteiger partial charge in [0.15, 0.2) is 0 Å². The molecule has 152 valence electrons. The molecule has 27 heavy (non-hydrogen) atoms. The number of nitrogens with zero attached hydrogens (tertiary/aromatic N) is 2. The standard InChI is InChI=1S/C17H32N8O2/c18-16(19,20)12-2-10(4-14(6-12)24-8-26)1-11-3-13(17(21,22)23)7-15(5-11)25-9-27/h10-15H,1-7,18-23H2. The Balaban J connectivity index is 2.11. The third-order valence-electron chi connectivity index (χ3n) is 6.11. The third kappa shape index (κ3) is 6.27. The van der Waals surface area contributed by atoms with E-state index in [0.717, 1.165) is 32.1 Å². The Labute approximate surface area is 159 Å². The average Bonchev–Trinajstić information content (AvgIpc) is 2.53. The van der Waals surface area contributed by atoms with Crippen molar-refractivity contribution in [1.29, 1.82) is 0 Å². The smallest absolute Gasteiger partial charge is 0.235 e. The van der Waals surface area contributed by atoms with E-state index in [1.165, 1.54) is 0 Å². The zero-order valence-corrected chi connectivity index (χ0v) is 15.6. The quantitative estimate of drug-likeness (QED) is 0.184. The highest BCUT2D eigenvalue weighted by molar-refractivity contribution is 5.34. The van der Waals surface area contributed by atoms with E-state index in [9.17, 15) is 9.59 Å². The first-order valence-corrected chi connectivity index (χ1v) is 9.40. The summed E-state index contributed by atoms with van der Waals surface area (Å²) in [6.07, 6.45) is 8.19. The fourth-order valence-corrected chi connectivity index (χ4v) is 4.84. The number of rotatable bonds is 6. The first-order valence-electron chi connectivity index (χ1n) is 9.40. The van der Waals surface area contributed by atoms with E-state index in [1.54, 1.807) is 12.2 Å². The van der Waals surface area contributed by atoms with Gasteiger partial charge in [-0.15, -0.1) is 0 Å². The molecule has 0 aromatic carbocycles. The van der Waals surface area contributed by atoms with Gasteiger partial charge in [-0.1, -0.05) is 0 Å². The van der Waals surface area contributed by atoms with E-state index in [1.807, 2.05) is 0 Å². The minimum atomic E-state index is -1.32. The lowest BCUT2D eigenvalue weighted by atomic mass is 9.68. The minimum absolute atomic E-state index is 0.154. The molecule has 0 saturated heterocycles. The van der Waals surface area contributed by atoms with Gasteiger partial charge in [0.05, 0.1) is 12.1 Å².